The van der Waals surface area contributed by atoms with Crippen LogP contribution in [0, 0.1) is 25.7 Å². The lowest BCUT2D eigenvalue weighted by atomic mass is 10.4. The fourth-order valence-corrected chi connectivity index (χ4v) is 1.98. The van der Waals surface area contributed by atoms with Gasteiger partial charge in [0.05, 0.1) is 13.1 Å². The molecule has 17 heavy (non-hydrogen) atoms. The number of carbonyl (C=O) groups is 1. The summed E-state index contributed by atoms with van der Waals surface area (Å²) in [6.45, 7) is 6.06. The summed E-state index contributed by atoms with van der Waals surface area (Å²) in [5.74, 6) is 7.36. The number of nitrogens with zero attached hydrogens (tertiary/aromatic N) is 3. The van der Waals surface area contributed by atoms with E-state index in [1.165, 1.54) is 0 Å². The fourth-order valence-electron chi connectivity index (χ4n) is 1.98. The van der Waals surface area contributed by atoms with Gasteiger partial charge < -0.3 is 9.47 Å². The zero-order valence-electron chi connectivity index (χ0n) is 10.4. The number of hydrogen-bond acceptors (Lipinski definition) is 2. The largest absolute Gasteiger partial charge is 0.332 e. The summed E-state index contributed by atoms with van der Waals surface area (Å²) in [6, 6.07) is 0. The lowest BCUT2D eigenvalue weighted by Gasteiger charge is -2.10. The summed E-state index contributed by atoms with van der Waals surface area (Å²) in [4.78, 5) is 17.4. The molecule has 0 atom stereocenters. The normalized spacial score (nSPS) is 14.9. The molecule has 0 aromatic carbocycles. The molecule has 2 rings (SSSR count). The summed E-state index contributed by atoms with van der Waals surface area (Å²) < 4.78 is 2.07. The van der Waals surface area contributed by atoms with E-state index in [1.54, 1.807) is 0 Å². The SMILES string of the molecule is Cc1cnc(C)n1CC#CCN1CCCC1=O. The first-order valence-electron chi connectivity index (χ1n) is 5.90. The van der Waals surface area contributed by atoms with Gasteiger partial charge in [0, 0.05) is 24.9 Å². The molecule has 0 saturated carbocycles. The first kappa shape index (κ1) is 11.7. The van der Waals surface area contributed by atoms with Crippen molar-refractivity contribution in [2.45, 2.75) is 33.2 Å². The summed E-state index contributed by atoms with van der Waals surface area (Å²) in [6.07, 6.45) is 3.50. The lowest BCUT2D eigenvalue weighted by molar-refractivity contribution is -0.127. The molecule has 4 nitrogen and oxygen atoms in total. The molecule has 0 spiro atoms. The van der Waals surface area contributed by atoms with Gasteiger partial charge in [0.25, 0.3) is 0 Å². The Bertz CT molecular complexity index is 459. The number of rotatable bonds is 2. The molecule has 90 valence electrons. The topological polar surface area (TPSA) is 38.1 Å². The maximum atomic E-state index is 11.3. The second-order valence-corrected chi connectivity index (χ2v) is 4.31. The van der Waals surface area contributed by atoms with Gasteiger partial charge in [-0.2, -0.15) is 0 Å². The maximum Gasteiger partial charge on any atom is 0.223 e. The Labute approximate surface area is 102 Å². The number of amides is 1. The van der Waals surface area contributed by atoms with Crippen LogP contribution in [-0.4, -0.2) is 33.4 Å². The van der Waals surface area contributed by atoms with E-state index in [4.69, 9.17) is 0 Å². The van der Waals surface area contributed by atoms with Crippen molar-refractivity contribution in [3.63, 3.8) is 0 Å². The van der Waals surface area contributed by atoms with Gasteiger partial charge in [-0.1, -0.05) is 11.8 Å². The molecule has 2 heterocycles. The number of aromatic nitrogens is 2. The molecule has 0 N–H and O–H groups in total. The van der Waals surface area contributed by atoms with Crippen LogP contribution in [0.1, 0.15) is 24.4 Å². The van der Waals surface area contributed by atoms with Crippen molar-refractivity contribution in [2.75, 3.05) is 13.1 Å². The Kier molecular flexibility index (Phi) is 3.48. The summed E-state index contributed by atoms with van der Waals surface area (Å²) in [7, 11) is 0. The Hall–Kier alpha value is -1.76. The van der Waals surface area contributed by atoms with E-state index in [-0.39, 0.29) is 5.91 Å². The minimum Gasteiger partial charge on any atom is -0.332 e. The van der Waals surface area contributed by atoms with Crippen molar-refractivity contribution in [2.24, 2.45) is 0 Å². The Morgan fingerprint density at radius 3 is 2.71 bits per heavy atom. The van der Waals surface area contributed by atoms with Crippen molar-refractivity contribution >= 4 is 5.91 Å². The predicted octanol–water partition coefficient (Wildman–Crippen LogP) is 1.13. The second kappa shape index (κ2) is 5.05. The summed E-state index contributed by atoms with van der Waals surface area (Å²) in [5, 5.41) is 0. The maximum absolute atomic E-state index is 11.3. The van der Waals surface area contributed by atoms with Crippen molar-refractivity contribution < 1.29 is 4.79 Å². The van der Waals surface area contributed by atoms with E-state index < -0.39 is 0 Å². The Morgan fingerprint density at radius 1 is 1.35 bits per heavy atom. The second-order valence-electron chi connectivity index (χ2n) is 4.31. The molecule has 0 radical (unpaired) electrons. The molecule has 0 aliphatic carbocycles. The van der Waals surface area contributed by atoms with Crippen LogP contribution < -0.4 is 0 Å². The molecule has 1 aliphatic rings. The Balaban J connectivity index is 1.88. The van der Waals surface area contributed by atoms with Gasteiger partial charge in [-0.25, -0.2) is 4.98 Å². The van der Waals surface area contributed by atoms with Gasteiger partial charge >= 0.3 is 0 Å². The first-order chi connectivity index (χ1) is 8.18. The van der Waals surface area contributed by atoms with Crippen LogP contribution in [0.25, 0.3) is 0 Å². The van der Waals surface area contributed by atoms with Gasteiger partial charge in [-0.3, -0.25) is 4.79 Å². The lowest BCUT2D eigenvalue weighted by Crippen LogP contribution is -2.24. The highest BCUT2D eigenvalue weighted by Crippen LogP contribution is 2.08. The van der Waals surface area contributed by atoms with Crippen LogP contribution in [0.3, 0.4) is 0 Å². The van der Waals surface area contributed by atoms with E-state index in [0.29, 0.717) is 19.5 Å². The molecule has 0 bridgehead atoms. The van der Waals surface area contributed by atoms with Crippen LogP contribution >= 0.6 is 0 Å². The summed E-state index contributed by atoms with van der Waals surface area (Å²) >= 11 is 0. The van der Waals surface area contributed by atoms with Gasteiger partial charge in [0.1, 0.15) is 5.82 Å². The third kappa shape index (κ3) is 2.68. The number of likely N-dealkylation sites (tertiary alicyclic amines) is 1. The van der Waals surface area contributed by atoms with Crippen LogP contribution in [0.15, 0.2) is 6.20 Å². The van der Waals surface area contributed by atoms with Gasteiger partial charge in [-0.05, 0) is 20.3 Å². The molecule has 1 aromatic heterocycles. The zero-order chi connectivity index (χ0) is 12.3. The van der Waals surface area contributed by atoms with E-state index in [0.717, 1.165) is 24.5 Å². The molecule has 1 aliphatic heterocycles. The third-order valence-electron chi connectivity index (χ3n) is 3.06. The molecule has 1 aromatic rings. The van der Waals surface area contributed by atoms with Crippen molar-refractivity contribution in [1.29, 1.82) is 0 Å². The molecule has 1 amide bonds. The number of carbonyl (C=O) groups excluding carboxylic acids is 1. The highest BCUT2D eigenvalue weighted by atomic mass is 16.2. The van der Waals surface area contributed by atoms with E-state index in [2.05, 4.69) is 21.4 Å². The summed E-state index contributed by atoms with van der Waals surface area (Å²) in [5.41, 5.74) is 1.12. The van der Waals surface area contributed by atoms with E-state index >= 15 is 0 Å². The Morgan fingerprint density at radius 2 is 2.12 bits per heavy atom. The van der Waals surface area contributed by atoms with Crippen LogP contribution in [0.4, 0.5) is 0 Å². The van der Waals surface area contributed by atoms with Gasteiger partial charge in [0.15, 0.2) is 0 Å². The highest BCUT2D eigenvalue weighted by molar-refractivity contribution is 5.78. The fraction of sp³-hybridized carbons (Fsp3) is 0.538. The quantitative estimate of drug-likeness (QED) is 0.715. The number of imidazole rings is 1. The monoisotopic (exact) mass is 231 g/mol. The molecule has 0 unspecified atom stereocenters. The van der Waals surface area contributed by atoms with Crippen LogP contribution in [0.2, 0.25) is 0 Å². The number of hydrogen-bond donors (Lipinski definition) is 0. The van der Waals surface area contributed by atoms with Crippen molar-refractivity contribution in [3.05, 3.63) is 17.7 Å². The molecule has 4 heteroatoms. The van der Waals surface area contributed by atoms with E-state index in [9.17, 15) is 4.79 Å². The predicted molar refractivity (Wildman–Crippen MR) is 65.3 cm³/mol. The molecular weight excluding hydrogens is 214 g/mol. The van der Waals surface area contributed by atoms with Gasteiger partial charge in [0.2, 0.25) is 5.91 Å². The van der Waals surface area contributed by atoms with E-state index in [1.807, 2.05) is 24.9 Å². The average Bonchev–Trinajstić information content (AvgIpc) is 2.84. The zero-order valence-corrected chi connectivity index (χ0v) is 10.4. The molecular formula is C13H17N3O. The average molecular weight is 231 g/mol. The first-order valence-corrected chi connectivity index (χ1v) is 5.90. The van der Waals surface area contributed by atoms with Crippen LogP contribution in [0.5, 0.6) is 0 Å². The molecule has 1 saturated heterocycles. The standard InChI is InChI=1S/C13H17N3O/c1-11-10-14-12(2)16(11)9-4-3-7-15-8-5-6-13(15)17/h10H,5-9H2,1-2H3. The van der Waals surface area contributed by atoms with Gasteiger partial charge in [-0.15, -0.1) is 0 Å². The highest BCUT2D eigenvalue weighted by Gasteiger charge is 2.18. The molecule has 1 fully saturated rings. The minimum atomic E-state index is 0.231. The number of aryl methyl sites for hydroxylation is 2. The van der Waals surface area contributed by atoms with Crippen LogP contribution in [-0.2, 0) is 11.3 Å². The van der Waals surface area contributed by atoms with Crippen molar-refractivity contribution in [1.82, 2.24) is 14.5 Å². The third-order valence-corrected chi connectivity index (χ3v) is 3.06. The van der Waals surface area contributed by atoms with Crippen molar-refractivity contribution in [3.8, 4) is 11.8 Å². The minimum absolute atomic E-state index is 0.231. The smallest absolute Gasteiger partial charge is 0.223 e.